The van der Waals surface area contributed by atoms with Crippen LogP contribution in [0.3, 0.4) is 0 Å². The maximum absolute atomic E-state index is 13.5. The number of rotatable bonds is 11. The SMILES string of the molecule is O=C(Nc1ccc(O)cc1)C1OC(Oc2cc3oc(-c4ccc(OCc5ccccc5)cc4)cc(=O)c3c(O)c2OCc2ccccc2)C(O)C(O)C1O. The standard InChI is InChI=1S/C41H35NO12/c43-27-15-13-26(14-16-27)42-40(49)39-36(47)35(46)37(48)41(54-39)53-32-20-31-33(34(45)38(32)51-22-24-9-5-2-6-10-24)29(44)19-30(52-31)25-11-17-28(18-12-25)50-21-23-7-3-1-4-8-23/h1-20,35-37,39,41,43,45-48H,21-22H2,(H,42,49). The van der Waals surface area contributed by atoms with E-state index in [0.29, 0.717) is 23.5 Å². The topological polar surface area (TPSA) is 197 Å². The number of aromatic hydroxyl groups is 2. The van der Waals surface area contributed by atoms with Gasteiger partial charge in [0.25, 0.3) is 5.91 Å². The fourth-order valence-corrected chi connectivity index (χ4v) is 5.86. The first-order chi connectivity index (χ1) is 26.1. The molecule has 54 heavy (non-hydrogen) atoms. The molecule has 0 aliphatic carbocycles. The first-order valence-electron chi connectivity index (χ1n) is 16.9. The first kappa shape index (κ1) is 36.0. The third-order valence-electron chi connectivity index (χ3n) is 8.73. The lowest BCUT2D eigenvalue weighted by molar-refractivity contribution is -0.265. The first-order valence-corrected chi connectivity index (χ1v) is 16.9. The van der Waals surface area contributed by atoms with E-state index in [1.54, 1.807) is 48.5 Å². The number of benzene rings is 5. The second-order valence-corrected chi connectivity index (χ2v) is 12.5. The zero-order valence-corrected chi connectivity index (χ0v) is 28.4. The quantitative estimate of drug-likeness (QED) is 0.0992. The van der Waals surface area contributed by atoms with Crippen molar-refractivity contribution in [3.8, 4) is 40.1 Å². The van der Waals surface area contributed by atoms with E-state index in [1.165, 1.54) is 36.4 Å². The Bertz CT molecular complexity index is 2280. The molecule has 0 spiro atoms. The summed E-state index contributed by atoms with van der Waals surface area (Å²) in [7, 11) is 0. The molecule has 2 heterocycles. The number of hydrogen-bond donors (Lipinski definition) is 6. The van der Waals surface area contributed by atoms with E-state index in [-0.39, 0.29) is 46.3 Å². The molecule has 7 rings (SSSR count). The highest BCUT2D eigenvalue weighted by atomic mass is 16.7. The van der Waals surface area contributed by atoms with Crippen LogP contribution in [0.15, 0.2) is 131 Å². The van der Waals surface area contributed by atoms with Gasteiger partial charge in [-0.25, -0.2) is 0 Å². The number of carbonyl (C=O) groups excluding carboxylic acids is 1. The minimum Gasteiger partial charge on any atom is -0.508 e. The molecule has 0 bridgehead atoms. The molecule has 0 saturated carbocycles. The number of ether oxygens (including phenoxy) is 4. The summed E-state index contributed by atoms with van der Waals surface area (Å²) in [6, 6.07) is 33.5. The largest absolute Gasteiger partial charge is 0.508 e. The number of anilines is 1. The molecular formula is C41H35NO12. The number of phenolic OH excluding ortho intramolecular Hbond substituents is 2. The van der Waals surface area contributed by atoms with Crippen molar-refractivity contribution in [3.05, 3.63) is 143 Å². The minimum atomic E-state index is -1.91. The molecule has 1 fully saturated rings. The molecule has 13 nitrogen and oxygen atoms in total. The van der Waals surface area contributed by atoms with E-state index in [9.17, 15) is 35.1 Å². The lowest BCUT2D eigenvalue weighted by Crippen LogP contribution is -2.62. The molecule has 6 N–H and O–H groups in total. The van der Waals surface area contributed by atoms with Gasteiger partial charge in [0.05, 0.1) is 0 Å². The van der Waals surface area contributed by atoms with E-state index in [4.69, 9.17) is 23.4 Å². The highest BCUT2D eigenvalue weighted by Gasteiger charge is 2.48. The summed E-state index contributed by atoms with van der Waals surface area (Å²) < 4.78 is 29.6. The van der Waals surface area contributed by atoms with E-state index in [2.05, 4.69) is 5.32 Å². The van der Waals surface area contributed by atoms with E-state index < -0.39 is 47.8 Å². The summed E-state index contributed by atoms with van der Waals surface area (Å²) in [5, 5.41) is 55.7. The average molecular weight is 734 g/mol. The van der Waals surface area contributed by atoms with Crippen molar-refractivity contribution in [2.75, 3.05) is 5.32 Å². The Hall–Kier alpha value is -6.38. The number of hydrogen-bond acceptors (Lipinski definition) is 12. The van der Waals surface area contributed by atoms with Gasteiger partial charge in [-0.3, -0.25) is 9.59 Å². The van der Waals surface area contributed by atoms with Gasteiger partial charge < -0.3 is 54.2 Å². The van der Waals surface area contributed by atoms with Crippen LogP contribution in [0.2, 0.25) is 0 Å². The van der Waals surface area contributed by atoms with Crippen LogP contribution in [-0.4, -0.2) is 62.1 Å². The van der Waals surface area contributed by atoms with Crippen LogP contribution in [0.4, 0.5) is 5.69 Å². The highest BCUT2D eigenvalue weighted by Crippen LogP contribution is 2.44. The number of aliphatic hydroxyl groups excluding tert-OH is 3. The summed E-state index contributed by atoms with van der Waals surface area (Å²) in [4.78, 5) is 26.7. The molecule has 1 aliphatic heterocycles. The van der Waals surface area contributed by atoms with Gasteiger partial charge in [-0.15, -0.1) is 0 Å². The van der Waals surface area contributed by atoms with Gasteiger partial charge in [0.15, 0.2) is 23.0 Å². The monoisotopic (exact) mass is 733 g/mol. The number of phenols is 2. The lowest BCUT2D eigenvalue weighted by Gasteiger charge is -2.39. The van der Waals surface area contributed by atoms with Crippen LogP contribution in [0.5, 0.6) is 28.7 Å². The van der Waals surface area contributed by atoms with E-state index >= 15 is 0 Å². The van der Waals surface area contributed by atoms with Gasteiger partial charge >= 0.3 is 0 Å². The molecular weight excluding hydrogens is 698 g/mol. The van der Waals surface area contributed by atoms with Crippen molar-refractivity contribution in [1.29, 1.82) is 0 Å². The van der Waals surface area contributed by atoms with Crippen LogP contribution < -0.4 is 25.0 Å². The van der Waals surface area contributed by atoms with Crippen molar-refractivity contribution in [2.45, 2.75) is 43.9 Å². The van der Waals surface area contributed by atoms with Gasteiger partial charge in [0, 0.05) is 23.4 Å². The van der Waals surface area contributed by atoms with Crippen molar-refractivity contribution in [2.24, 2.45) is 0 Å². The fraction of sp³-hybridized carbons (Fsp3) is 0.171. The molecule has 1 amide bonds. The maximum atomic E-state index is 13.5. The Kier molecular flexibility index (Phi) is 10.5. The molecule has 5 unspecified atom stereocenters. The Morgan fingerprint density at radius 3 is 2.00 bits per heavy atom. The number of carbonyl (C=O) groups is 1. The average Bonchev–Trinajstić information content (AvgIpc) is 3.18. The zero-order valence-electron chi connectivity index (χ0n) is 28.4. The summed E-state index contributed by atoms with van der Waals surface area (Å²) in [6.07, 6.45) is -9.21. The minimum absolute atomic E-state index is 0.0390. The van der Waals surface area contributed by atoms with Gasteiger partial charge in [-0.05, 0) is 59.7 Å². The molecule has 1 aliphatic rings. The molecule has 6 aromatic rings. The van der Waals surface area contributed by atoms with Crippen molar-refractivity contribution < 1.29 is 53.7 Å². The maximum Gasteiger partial charge on any atom is 0.256 e. The summed E-state index contributed by atoms with van der Waals surface area (Å²) in [5.41, 5.74) is 1.77. The Morgan fingerprint density at radius 1 is 0.722 bits per heavy atom. The molecule has 276 valence electrons. The molecule has 1 saturated heterocycles. The smallest absolute Gasteiger partial charge is 0.256 e. The van der Waals surface area contributed by atoms with Crippen molar-refractivity contribution in [3.63, 3.8) is 0 Å². The number of aliphatic hydroxyl groups is 3. The van der Waals surface area contributed by atoms with E-state index in [1.807, 2.05) is 36.4 Å². The highest BCUT2D eigenvalue weighted by molar-refractivity contribution is 5.95. The second-order valence-electron chi connectivity index (χ2n) is 12.5. The van der Waals surface area contributed by atoms with Crippen molar-refractivity contribution in [1.82, 2.24) is 0 Å². The lowest BCUT2D eigenvalue weighted by atomic mass is 9.98. The van der Waals surface area contributed by atoms with Crippen LogP contribution in [0.1, 0.15) is 11.1 Å². The van der Waals surface area contributed by atoms with Gasteiger partial charge in [0.2, 0.25) is 12.0 Å². The number of amides is 1. The van der Waals surface area contributed by atoms with Gasteiger partial charge in [-0.1, -0.05) is 60.7 Å². The normalized spacial score (nSPS) is 19.6. The zero-order chi connectivity index (χ0) is 37.8. The predicted octanol–water partition coefficient (Wildman–Crippen LogP) is 4.85. The number of fused-ring (bicyclic) bond motifs is 1. The summed E-state index contributed by atoms with van der Waals surface area (Å²) >= 11 is 0. The Labute approximate surface area is 307 Å². The summed E-state index contributed by atoms with van der Waals surface area (Å²) in [5.74, 6) is -1.39. The molecule has 5 aromatic carbocycles. The third kappa shape index (κ3) is 7.84. The fourth-order valence-electron chi connectivity index (χ4n) is 5.86. The van der Waals surface area contributed by atoms with Crippen molar-refractivity contribution >= 4 is 22.6 Å². The molecule has 0 radical (unpaired) electrons. The molecule has 13 heteroatoms. The van der Waals surface area contributed by atoms with Crippen LogP contribution in [0, 0.1) is 0 Å². The van der Waals surface area contributed by atoms with Gasteiger partial charge in [-0.2, -0.15) is 0 Å². The molecule has 1 aromatic heterocycles. The summed E-state index contributed by atoms with van der Waals surface area (Å²) in [6.45, 7) is 0.284. The van der Waals surface area contributed by atoms with E-state index in [0.717, 1.165) is 5.56 Å². The second kappa shape index (κ2) is 15.7. The van der Waals surface area contributed by atoms with Crippen LogP contribution >= 0.6 is 0 Å². The van der Waals surface area contributed by atoms with Crippen LogP contribution in [0.25, 0.3) is 22.3 Å². The Balaban J connectivity index is 1.20. The van der Waals surface area contributed by atoms with Crippen LogP contribution in [-0.2, 0) is 22.7 Å². The van der Waals surface area contributed by atoms with Gasteiger partial charge in [0.1, 0.15) is 59.8 Å². The third-order valence-corrected chi connectivity index (χ3v) is 8.73. The molecule has 5 atom stereocenters. The predicted molar refractivity (Wildman–Crippen MR) is 195 cm³/mol. The Morgan fingerprint density at radius 2 is 1.35 bits per heavy atom. The number of nitrogens with one attached hydrogen (secondary N) is 1.